The summed E-state index contributed by atoms with van der Waals surface area (Å²) in [5.41, 5.74) is 1.08. The molecule has 1 aromatic rings. The second kappa shape index (κ2) is 7.99. The predicted octanol–water partition coefficient (Wildman–Crippen LogP) is 1.73. The number of aliphatic hydroxyl groups excluding tert-OH is 1. The van der Waals surface area contributed by atoms with Crippen LogP contribution in [0.2, 0.25) is 0 Å². The Labute approximate surface area is 144 Å². The van der Waals surface area contributed by atoms with Crippen molar-refractivity contribution in [1.29, 1.82) is 0 Å². The number of carbonyl (C=O) groups excluding carboxylic acids is 1. The second-order valence-electron chi connectivity index (χ2n) is 7.06. The molecule has 5 nitrogen and oxygen atoms in total. The number of para-hydroxylation sites is 1. The van der Waals surface area contributed by atoms with Crippen LogP contribution in [0.1, 0.15) is 31.2 Å². The van der Waals surface area contributed by atoms with Crippen molar-refractivity contribution in [2.45, 2.75) is 44.8 Å². The summed E-state index contributed by atoms with van der Waals surface area (Å²) < 4.78 is 5.77. The maximum atomic E-state index is 11.5. The molecule has 2 N–H and O–H groups in total. The van der Waals surface area contributed by atoms with Gasteiger partial charge in [0.05, 0.1) is 0 Å². The SMILES string of the molecule is Cc1ccccc1OCC(O)CN1CCCCC1C1CNC(=O)C1. The molecule has 0 radical (unpaired) electrons. The minimum atomic E-state index is -0.518. The van der Waals surface area contributed by atoms with E-state index in [-0.39, 0.29) is 5.91 Å². The van der Waals surface area contributed by atoms with Gasteiger partial charge in [-0.25, -0.2) is 0 Å². The van der Waals surface area contributed by atoms with Gasteiger partial charge in [-0.15, -0.1) is 0 Å². The van der Waals surface area contributed by atoms with Crippen LogP contribution in [0.3, 0.4) is 0 Å². The van der Waals surface area contributed by atoms with Crippen LogP contribution < -0.4 is 10.1 Å². The van der Waals surface area contributed by atoms with Gasteiger partial charge >= 0.3 is 0 Å². The molecule has 3 unspecified atom stereocenters. The summed E-state index contributed by atoms with van der Waals surface area (Å²) in [6, 6.07) is 8.26. The summed E-state index contributed by atoms with van der Waals surface area (Å²) in [5.74, 6) is 1.37. The minimum absolute atomic E-state index is 0.161. The lowest BCUT2D eigenvalue weighted by molar-refractivity contribution is -0.119. The van der Waals surface area contributed by atoms with E-state index in [0.29, 0.717) is 31.5 Å². The highest BCUT2D eigenvalue weighted by Crippen LogP contribution is 2.27. The molecule has 0 aliphatic carbocycles. The normalized spacial score (nSPS) is 26.2. The number of rotatable bonds is 6. The fourth-order valence-electron chi connectivity index (χ4n) is 3.90. The van der Waals surface area contributed by atoms with E-state index in [0.717, 1.165) is 37.2 Å². The molecule has 1 amide bonds. The summed E-state index contributed by atoms with van der Waals surface area (Å²) in [7, 11) is 0. The van der Waals surface area contributed by atoms with E-state index >= 15 is 0 Å². The number of β-amino-alcohol motifs (C(OH)–C–C–N with tert-alkyl or cyclic N) is 1. The largest absolute Gasteiger partial charge is 0.491 e. The first-order valence-corrected chi connectivity index (χ1v) is 9.00. The zero-order chi connectivity index (χ0) is 16.9. The molecular weight excluding hydrogens is 304 g/mol. The van der Waals surface area contributed by atoms with Crippen LogP contribution in [-0.4, -0.2) is 54.3 Å². The van der Waals surface area contributed by atoms with Crippen molar-refractivity contribution in [2.24, 2.45) is 5.92 Å². The third kappa shape index (κ3) is 4.28. The van der Waals surface area contributed by atoms with Gasteiger partial charge in [-0.2, -0.15) is 0 Å². The van der Waals surface area contributed by atoms with Gasteiger partial charge in [0.1, 0.15) is 18.5 Å². The van der Waals surface area contributed by atoms with Gasteiger partial charge in [-0.05, 0) is 37.9 Å². The lowest BCUT2D eigenvalue weighted by atomic mass is 9.89. The first-order valence-electron chi connectivity index (χ1n) is 9.00. The Balaban J connectivity index is 1.52. The number of hydrogen-bond donors (Lipinski definition) is 2. The highest BCUT2D eigenvalue weighted by Gasteiger charge is 2.35. The minimum Gasteiger partial charge on any atom is -0.491 e. The smallest absolute Gasteiger partial charge is 0.220 e. The number of carbonyl (C=O) groups is 1. The summed E-state index contributed by atoms with van der Waals surface area (Å²) in [6.07, 6.45) is 3.59. The van der Waals surface area contributed by atoms with Crippen molar-refractivity contribution in [3.05, 3.63) is 29.8 Å². The fraction of sp³-hybridized carbons (Fsp3) is 0.632. The van der Waals surface area contributed by atoms with E-state index in [1.165, 1.54) is 6.42 Å². The monoisotopic (exact) mass is 332 g/mol. The predicted molar refractivity (Wildman–Crippen MR) is 93.0 cm³/mol. The number of piperidine rings is 1. The van der Waals surface area contributed by atoms with Crippen LogP contribution in [-0.2, 0) is 4.79 Å². The number of likely N-dealkylation sites (tertiary alicyclic amines) is 1. The Morgan fingerprint density at radius 3 is 2.96 bits per heavy atom. The van der Waals surface area contributed by atoms with Crippen LogP contribution in [0.25, 0.3) is 0 Å². The van der Waals surface area contributed by atoms with Crippen molar-refractivity contribution in [1.82, 2.24) is 10.2 Å². The van der Waals surface area contributed by atoms with Crippen molar-refractivity contribution in [2.75, 3.05) is 26.2 Å². The number of hydrogen-bond acceptors (Lipinski definition) is 4. The van der Waals surface area contributed by atoms with Crippen molar-refractivity contribution >= 4 is 5.91 Å². The number of ether oxygens (including phenoxy) is 1. The lowest BCUT2D eigenvalue weighted by Gasteiger charge is -2.39. The van der Waals surface area contributed by atoms with E-state index < -0.39 is 6.10 Å². The van der Waals surface area contributed by atoms with Crippen LogP contribution in [0.5, 0.6) is 5.75 Å². The van der Waals surface area contributed by atoms with Crippen LogP contribution in [0.15, 0.2) is 24.3 Å². The molecule has 2 saturated heterocycles. The molecular formula is C19H28N2O3. The molecule has 2 aliphatic heterocycles. The average molecular weight is 332 g/mol. The van der Waals surface area contributed by atoms with Crippen molar-refractivity contribution < 1.29 is 14.6 Å². The van der Waals surface area contributed by atoms with Gasteiger partial charge in [0, 0.05) is 31.5 Å². The van der Waals surface area contributed by atoms with Crippen molar-refractivity contribution in [3.8, 4) is 5.75 Å². The van der Waals surface area contributed by atoms with Gasteiger partial charge in [-0.1, -0.05) is 24.6 Å². The molecule has 0 spiro atoms. The van der Waals surface area contributed by atoms with E-state index in [1.807, 2.05) is 31.2 Å². The molecule has 2 aliphatic rings. The molecule has 24 heavy (non-hydrogen) atoms. The molecule has 2 heterocycles. The summed E-state index contributed by atoms with van der Waals surface area (Å²) in [4.78, 5) is 13.9. The quantitative estimate of drug-likeness (QED) is 0.833. The lowest BCUT2D eigenvalue weighted by Crippen LogP contribution is -2.48. The van der Waals surface area contributed by atoms with E-state index in [4.69, 9.17) is 4.74 Å². The Hall–Kier alpha value is -1.59. The van der Waals surface area contributed by atoms with Gasteiger partial charge in [0.15, 0.2) is 0 Å². The zero-order valence-corrected chi connectivity index (χ0v) is 14.4. The molecule has 2 fully saturated rings. The van der Waals surface area contributed by atoms with Crippen molar-refractivity contribution in [3.63, 3.8) is 0 Å². The van der Waals surface area contributed by atoms with Gasteiger partial charge < -0.3 is 15.2 Å². The first-order chi connectivity index (χ1) is 11.6. The third-order valence-corrected chi connectivity index (χ3v) is 5.19. The number of nitrogens with one attached hydrogen (secondary N) is 1. The zero-order valence-electron chi connectivity index (χ0n) is 14.4. The molecule has 1 aromatic carbocycles. The molecule has 0 saturated carbocycles. The highest BCUT2D eigenvalue weighted by atomic mass is 16.5. The fourth-order valence-corrected chi connectivity index (χ4v) is 3.90. The molecule has 0 bridgehead atoms. The topological polar surface area (TPSA) is 61.8 Å². The molecule has 0 aromatic heterocycles. The maximum Gasteiger partial charge on any atom is 0.220 e. The number of amides is 1. The standard InChI is InChI=1S/C19H28N2O3/c1-14-6-2-3-8-18(14)24-13-16(22)12-21-9-5-4-7-17(21)15-10-19(23)20-11-15/h2-3,6,8,15-17,22H,4-5,7,9-13H2,1H3,(H,20,23). The Morgan fingerprint density at radius 2 is 2.21 bits per heavy atom. The van der Waals surface area contributed by atoms with Gasteiger partial charge in [-0.3, -0.25) is 9.69 Å². The molecule has 132 valence electrons. The maximum absolute atomic E-state index is 11.5. The van der Waals surface area contributed by atoms with Crippen LogP contribution in [0.4, 0.5) is 0 Å². The third-order valence-electron chi connectivity index (χ3n) is 5.19. The summed E-state index contributed by atoms with van der Waals surface area (Å²) >= 11 is 0. The number of aliphatic hydroxyl groups is 1. The Kier molecular flexibility index (Phi) is 5.74. The van der Waals surface area contributed by atoms with E-state index in [1.54, 1.807) is 0 Å². The number of benzene rings is 1. The second-order valence-corrected chi connectivity index (χ2v) is 7.06. The first kappa shape index (κ1) is 17.2. The number of nitrogens with zero attached hydrogens (tertiary/aromatic N) is 1. The highest BCUT2D eigenvalue weighted by molar-refractivity contribution is 5.78. The van der Waals surface area contributed by atoms with Gasteiger partial charge in [0.25, 0.3) is 0 Å². The van der Waals surface area contributed by atoms with Gasteiger partial charge in [0.2, 0.25) is 5.91 Å². The van der Waals surface area contributed by atoms with Crippen LogP contribution >= 0.6 is 0 Å². The molecule has 3 atom stereocenters. The Morgan fingerprint density at radius 1 is 1.38 bits per heavy atom. The van der Waals surface area contributed by atoms with E-state index in [9.17, 15) is 9.90 Å². The average Bonchev–Trinajstić information content (AvgIpc) is 3.01. The number of aryl methyl sites for hydroxylation is 1. The summed E-state index contributed by atoms with van der Waals surface area (Å²) in [6.45, 7) is 4.69. The van der Waals surface area contributed by atoms with Crippen LogP contribution in [0, 0.1) is 12.8 Å². The Bertz CT molecular complexity index is 563. The summed E-state index contributed by atoms with van der Waals surface area (Å²) in [5, 5.41) is 13.4. The molecule has 3 rings (SSSR count). The molecule has 5 heteroatoms. The van der Waals surface area contributed by atoms with E-state index in [2.05, 4.69) is 10.2 Å².